The van der Waals surface area contributed by atoms with Crippen LogP contribution in [0.4, 0.5) is 0 Å². The summed E-state index contributed by atoms with van der Waals surface area (Å²) in [6.07, 6.45) is 1.37. The maximum Gasteiger partial charge on any atom is 0.328 e. The Morgan fingerprint density at radius 3 is 2.10 bits per heavy atom. The number of para-hydroxylation sites is 1. The molecule has 4 rings (SSSR count). The summed E-state index contributed by atoms with van der Waals surface area (Å²) in [4.78, 5) is 38.3. The van der Waals surface area contributed by atoms with E-state index in [0.717, 1.165) is 5.56 Å². The summed E-state index contributed by atoms with van der Waals surface area (Å²) in [5.74, 6) is -1.59. The fourth-order valence-electron chi connectivity index (χ4n) is 3.70. The van der Waals surface area contributed by atoms with Gasteiger partial charge in [0.1, 0.15) is 17.2 Å². The highest BCUT2D eigenvalue weighted by Gasteiger charge is 2.24. The molecule has 0 aliphatic heterocycles. The van der Waals surface area contributed by atoms with Crippen LogP contribution in [-0.4, -0.2) is 35.5 Å². The lowest BCUT2D eigenvalue weighted by Crippen LogP contribution is -2.46. The summed E-state index contributed by atoms with van der Waals surface area (Å²) in [6.45, 7) is -0.139. The Balaban J connectivity index is 1.49. The van der Waals surface area contributed by atoms with E-state index in [9.17, 15) is 19.5 Å². The summed E-state index contributed by atoms with van der Waals surface area (Å²) < 4.78 is 11.3. The van der Waals surface area contributed by atoms with Crippen LogP contribution in [0, 0.1) is 0 Å². The van der Waals surface area contributed by atoms with Gasteiger partial charge in [-0.05, 0) is 65.7 Å². The van der Waals surface area contributed by atoms with E-state index in [1.165, 1.54) is 18.2 Å². The Hall–Kier alpha value is -4.63. The maximum absolute atomic E-state index is 13.3. The molecule has 2 amide bonds. The van der Waals surface area contributed by atoms with Crippen molar-refractivity contribution >= 4 is 47.1 Å². The van der Waals surface area contributed by atoms with Crippen molar-refractivity contribution in [3.05, 3.63) is 136 Å². The van der Waals surface area contributed by atoms with Crippen LogP contribution in [0.3, 0.4) is 0 Å². The van der Waals surface area contributed by atoms with E-state index in [1.807, 2.05) is 48.5 Å². The lowest BCUT2D eigenvalue weighted by Gasteiger charge is -2.17. The van der Waals surface area contributed by atoms with E-state index in [2.05, 4.69) is 10.6 Å². The predicted octanol–water partition coefficient (Wildman–Crippen LogP) is 6.34. The van der Waals surface area contributed by atoms with E-state index >= 15 is 0 Å². The second-order valence-corrected chi connectivity index (χ2v) is 9.80. The minimum Gasteiger partial charge on any atom is -0.480 e. The first-order valence-corrected chi connectivity index (χ1v) is 13.5. The molecule has 0 radical (unpaired) electrons. The molecular formula is C32H26Cl2N2O6. The smallest absolute Gasteiger partial charge is 0.328 e. The molecule has 0 heterocycles. The number of carboxylic acids is 1. The van der Waals surface area contributed by atoms with E-state index in [0.29, 0.717) is 22.1 Å². The highest BCUT2D eigenvalue weighted by Crippen LogP contribution is 2.24. The number of carboxylic acid groups (broad SMARTS) is 1. The zero-order valence-electron chi connectivity index (χ0n) is 22.1. The number of nitrogens with one attached hydrogen (secondary N) is 2. The summed E-state index contributed by atoms with van der Waals surface area (Å²) in [6, 6.07) is 27.9. The number of aliphatic carboxylic acids is 1. The first kappa shape index (κ1) is 30.3. The number of amides is 2. The van der Waals surface area contributed by atoms with Gasteiger partial charge in [0.2, 0.25) is 0 Å². The molecule has 42 heavy (non-hydrogen) atoms. The predicted molar refractivity (Wildman–Crippen MR) is 161 cm³/mol. The Morgan fingerprint density at radius 2 is 1.45 bits per heavy atom. The van der Waals surface area contributed by atoms with Crippen LogP contribution in [-0.2, 0) is 20.9 Å². The van der Waals surface area contributed by atoms with E-state index in [4.69, 9.17) is 32.7 Å². The minimum atomic E-state index is -1.38. The van der Waals surface area contributed by atoms with Crippen molar-refractivity contribution in [2.75, 3.05) is 6.61 Å². The molecule has 0 bridgehead atoms. The number of carbonyl (C=O) groups is 3. The fourth-order valence-corrected chi connectivity index (χ4v) is 4.01. The highest BCUT2D eigenvalue weighted by molar-refractivity contribution is 6.42. The number of carbonyl (C=O) groups excluding carboxylic acids is 2. The van der Waals surface area contributed by atoms with E-state index < -0.39 is 23.8 Å². The van der Waals surface area contributed by atoms with Crippen molar-refractivity contribution in [2.24, 2.45) is 0 Å². The lowest BCUT2D eigenvalue weighted by molar-refractivity contribution is -0.143. The number of hydrogen-bond donors (Lipinski definition) is 3. The van der Waals surface area contributed by atoms with Gasteiger partial charge in [0.25, 0.3) is 11.8 Å². The zero-order chi connectivity index (χ0) is 29.9. The Morgan fingerprint density at radius 1 is 0.810 bits per heavy atom. The molecule has 3 N–H and O–H groups in total. The Bertz CT molecular complexity index is 1560. The molecule has 4 aromatic rings. The normalized spacial score (nSPS) is 11.8. The van der Waals surface area contributed by atoms with Gasteiger partial charge in [0.05, 0.1) is 23.3 Å². The molecule has 0 saturated carbocycles. The molecule has 0 aliphatic carbocycles. The van der Waals surface area contributed by atoms with Crippen molar-refractivity contribution in [1.82, 2.24) is 10.6 Å². The Kier molecular flexibility index (Phi) is 10.7. The van der Waals surface area contributed by atoms with Crippen LogP contribution in [0.5, 0.6) is 11.5 Å². The topological polar surface area (TPSA) is 114 Å². The minimum absolute atomic E-state index is 0.160. The van der Waals surface area contributed by atoms with Crippen molar-refractivity contribution in [1.29, 1.82) is 0 Å². The van der Waals surface area contributed by atoms with Gasteiger partial charge in [0.15, 0.2) is 6.04 Å². The Labute approximate surface area is 252 Å². The van der Waals surface area contributed by atoms with Crippen LogP contribution in [0.15, 0.2) is 109 Å². The van der Waals surface area contributed by atoms with E-state index in [-0.39, 0.29) is 29.5 Å². The standard InChI is InChI=1S/C32H26Cl2N2O6/c33-26-16-11-22(17-27(26)34)18-28(31(38)36-29(32(39)40)20-41-19-21-7-3-1-4-8-21)35-30(37)23-12-14-25(15-13-23)42-24-9-5-2-6-10-24/h1-18,29H,19-20H2,(H,35,37)(H,36,38)(H,39,40)/b28-18+/t29-/m0/s1. The van der Waals surface area contributed by atoms with Crippen molar-refractivity contribution in [2.45, 2.75) is 12.6 Å². The van der Waals surface area contributed by atoms with E-state index in [1.54, 1.807) is 42.5 Å². The van der Waals surface area contributed by atoms with Crippen molar-refractivity contribution in [3.8, 4) is 11.5 Å². The van der Waals surface area contributed by atoms with Crippen LogP contribution < -0.4 is 15.4 Å². The molecule has 4 aromatic carbocycles. The third-order valence-corrected chi connectivity index (χ3v) is 6.58. The molecule has 0 saturated heterocycles. The number of rotatable bonds is 12. The quantitative estimate of drug-likeness (QED) is 0.162. The SMILES string of the molecule is O=C(N[C@@H](COCc1ccccc1)C(=O)O)/C(=C\c1ccc(Cl)c(Cl)c1)NC(=O)c1ccc(Oc2ccccc2)cc1. The average molecular weight is 605 g/mol. The average Bonchev–Trinajstić information content (AvgIpc) is 2.99. The number of halogens is 2. The summed E-state index contributed by atoms with van der Waals surface area (Å²) in [7, 11) is 0. The molecule has 10 heteroatoms. The lowest BCUT2D eigenvalue weighted by atomic mass is 10.1. The monoisotopic (exact) mass is 604 g/mol. The zero-order valence-corrected chi connectivity index (χ0v) is 23.6. The number of ether oxygens (including phenoxy) is 2. The van der Waals surface area contributed by atoms with Crippen molar-refractivity contribution in [3.63, 3.8) is 0 Å². The van der Waals surface area contributed by atoms with Gasteiger partial charge < -0.3 is 25.2 Å². The third kappa shape index (κ3) is 8.94. The highest BCUT2D eigenvalue weighted by atomic mass is 35.5. The molecule has 0 unspecified atom stereocenters. The van der Waals surface area contributed by atoms with Crippen LogP contribution in [0.1, 0.15) is 21.5 Å². The third-order valence-electron chi connectivity index (χ3n) is 5.84. The van der Waals surface area contributed by atoms with Gasteiger partial charge in [-0.3, -0.25) is 9.59 Å². The van der Waals surface area contributed by atoms with Gasteiger partial charge in [0, 0.05) is 5.56 Å². The van der Waals surface area contributed by atoms with Crippen molar-refractivity contribution < 1.29 is 29.0 Å². The number of benzene rings is 4. The van der Waals surface area contributed by atoms with Gasteiger partial charge in [-0.2, -0.15) is 0 Å². The number of hydrogen-bond acceptors (Lipinski definition) is 5. The van der Waals surface area contributed by atoms with Gasteiger partial charge in [-0.15, -0.1) is 0 Å². The molecule has 1 atom stereocenters. The first-order chi connectivity index (χ1) is 20.3. The molecule has 0 fully saturated rings. The molecule has 0 spiro atoms. The molecule has 214 valence electrons. The molecule has 0 aliphatic rings. The first-order valence-electron chi connectivity index (χ1n) is 12.7. The molecule has 0 aromatic heterocycles. The summed E-state index contributed by atoms with van der Waals surface area (Å²) in [5, 5.41) is 15.2. The largest absolute Gasteiger partial charge is 0.480 e. The van der Waals surface area contributed by atoms with Gasteiger partial charge in [-0.25, -0.2) is 4.79 Å². The van der Waals surface area contributed by atoms with Crippen LogP contribution >= 0.6 is 23.2 Å². The molecular weight excluding hydrogens is 579 g/mol. The second-order valence-electron chi connectivity index (χ2n) is 8.99. The fraction of sp³-hybridized carbons (Fsp3) is 0.0938. The van der Waals surface area contributed by atoms with Crippen LogP contribution in [0.2, 0.25) is 10.0 Å². The molecule has 8 nitrogen and oxygen atoms in total. The van der Waals surface area contributed by atoms with Crippen LogP contribution in [0.25, 0.3) is 6.08 Å². The second kappa shape index (κ2) is 14.8. The summed E-state index contributed by atoms with van der Waals surface area (Å²) >= 11 is 12.1. The maximum atomic E-state index is 13.3. The van der Waals surface area contributed by atoms with Gasteiger partial charge in [-0.1, -0.05) is 77.8 Å². The summed E-state index contributed by atoms with van der Waals surface area (Å²) in [5.41, 5.74) is 1.33. The van der Waals surface area contributed by atoms with Gasteiger partial charge >= 0.3 is 5.97 Å².